The fourth-order valence-electron chi connectivity index (χ4n) is 3.68. The van der Waals surface area contributed by atoms with Crippen LogP contribution < -0.4 is 5.32 Å². The summed E-state index contributed by atoms with van der Waals surface area (Å²) in [6, 6.07) is 1.07. The van der Waals surface area contributed by atoms with Crippen LogP contribution in [-0.2, 0) is 4.79 Å². The molecule has 2 saturated heterocycles. The molecular weight excluding hydrogens is 304 g/mol. The van der Waals surface area contributed by atoms with Gasteiger partial charge in [0.05, 0.1) is 6.54 Å². The summed E-state index contributed by atoms with van der Waals surface area (Å²) in [7, 11) is 0. The van der Waals surface area contributed by atoms with Crippen LogP contribution in [-0.4, -0.2) is 77.5 Å². The van der Waals surface area contributed by atoms with Gasteiger partial charge < -0.3 is 15.1 Å². The van der Waals surface area contributed by atoms with Gasteiger partial charge in [0.25, 0.3) is 0 Å². The SMILES string of the molecule is CCC(C)NC(=O)CN1CCN(C(=O)N2C(C)CCCC2C)CC1. The van der Waals surface area contributed by atoms with Crippen LogP contribution in [0.5, 0.6) is 0 Å². The van der Waals surface area contributed by atoms with Gasteiger partial charge in [-0.3, -0.25) is 9.69 Å². The van der Waals surface area contributed by atoms with Crippen LogP contribution in [0.3, 0.4) is 0 Å². The van der Waals surface area contributed by atoms with Crippen molar-refractivity contribution in [1.82, 2.24) is 20.0 Å². The molecule has 3 atom stereocenters. The number of amides is 3. The third-order valence-corrected chi connectivity index (χ3v) is 5.44. The number of urea groups is 1. The summed E-state index contributed by atoms with van der Waals surface area (Å²) in [5, 5.41) is 3.00. The van der Waals surface area contributed by atoms with E-state index in [2.05, 4.69) is 35.9 Å². The van der Waals surface area contributed by atoms with E-state index < -0.39 is 0 Å². The summed E-state index contributed by atoms with van der Waals surface area (Å²) < 4.78 is 0. The monoisotopic (exact) mass is 338 g/mol. The van der Waals surface area contributed by atoms with E-state index in [4.69, 9.17) is 0 Å². The maximum Gasteiger partial charge on any atom is 0.320 e. The van der Waals surface area contributed by atoms with Crippen molar-refractivity contribution < 1.29 is 9.59 Å². The molecule has 24 heavy (non-hydrogen) atoms. The van der Waals surface area contributed by atoms with Crippen molar-refractivity contribution in [1.29, 1.82) is 0 Å². The molecular formula is C18H34N4O2. The maximum absolute atomic E-state index is 12.8. The van der Waals surface area contributed by atoms with E-state index in [1.54, 1.807) is 0 Å². The lowest BCUT2D eigenvalue weighted by molar-refractivity contribution is -0.123. The lowest BCUT2D eigenvalue weighted by Crippen LogP contribution is -2.58. The molecule has 0 spiro atoms. The molecule has 1 N–H and O–H groups in total. The van der Waals surface area contributed by atoms with Crippen LogP contribution in [0.15, 0.2) is 0 Å². The van der Waals surface area contributed by atoms with Crippen LogP contribution in [0.25, 0.3) is 0 Å². The summed E-state index contributed by atoms with van der Waals surface area (Å²) in [4.78, 5) is 31.0. The predicted octanol–water partition coefficient (Wildman–Crippen LogP) is 1.90. The molecule has 0 saturated carbocycles. The third kappa shape index (κ3) is 4.85. The first-order valence-corrected chi connectivity index (χ1v) is 9.51. The average Bonchev–Trinajstić information content (AvgIpc) is 2.55. The number of carbonyl (C=O) groups excluding carboxylic acids is 2. The third-order valence-electron chi connectivity index (χ3n) is 5.44. The molecule has 3 unspecified atom stereocenters. The molecule has 6 heteroatoms. The highest BCUT2D eigenvalue weighted by molar-refractivity contribution is 5.78. The number of hydrogen-bond donors (Lipinski definition) is 1. The standard InChI is InChI=1S/C18H34N4O2/c1-5-14(2)19-17(23)13-20-9-11-21(12-10-20)18(24)22-15(3)7-6-8-16(22)4/h14-16H,5-13H2,1-4H3,(H,19,23). The molecule has 0 radical (unpaired) electrons. The summed E-state index contributed by atoms with van der Waals surface area (Å²) in [6.07, 6.45) is 4.36. The van der Waals surface area contributed by atoms with Gasteiger partial charge in [-0.2, -0.15) is 0 Å². The van der Waals surface area contributed by atoms with Gasteiger partial charge in [0.15, 0.2) is 0 Å². The van der Waals surface area contributed by atoms with Crippen LogP contribution in [0, 0.1) is 0 Å². The number of nitrogens with one attached hydrogen (secondary N) is 1. The van der Waals surface area contributed by atoms with Gasteiger partial charge in [-0.25, -0.2) is 4.79 Å². The normalized spacial score (nSPS) is 27.0. The number of carbonyl (C=O) groups is 2. The molecule has 138 valence electrons. The maximum atomic E-state index is 12.8. The second-order valence-electron chi connectivity index (χ2n) is 7.46. The molecule has 0 bridgehead atoms. The molecule has 0 aromatic rings. The zero-order chi connectivity index (χ0) is 17.7. The molecule has 2 heterocycles. The second kappa shape index (κ2) is 8.70. The minimum atomic E-state index is 0.0856. The van der Waals surface area contributed by atoms with E-state index in [9.17, 15) is 9.59 Å². The first-order chi connectivity index (χ1) is 11.4. The molecule has 0 aliphatic carbocycles. The van der Waals surface area contributed by atoms with E-state index in [-0.39, 0.29) is 18.0 Å². The summed E-state index contributed by atoms with van der Waals surface area (Å²) >= 11 is 0. The fourth-order valence-corrected chi connectivity index (χ4v) is 3.68. The van der Waals surface area contributed by atoms with Crippen LogP contribution in [0.2, 0.25) is 0 Å². The molecule has 0 aromatic carbocycles. The molecule has 2 aliphatic rings. The topological polar surface area (TPSA) is 55.9 Å². The summed E-state index contributed by atoms with van der Waals surface area (Å²) in [5.74, 6) is 0.0856. The number of piperazine rings is 1. The highest BCUT2D eigenvalue weighted by Crippen LogP contribution is 2.24. The molecule has 0 aromatic heterocycles. The van der Waals surface area contributed by atoms with Gasteiger partial charge >= 0.3 is 6.03 Å². The van der Waals surface area contributed by atoms with Crippen molar-refractivity contribution in [3.05, 3.63) is 0 Å². The fraction of sp³-hybridized carbons (Fsp3) is 0.889. The van der Waals surface area contributed by atoms with E-state index in [1.807, 2.05) is 11.8 Å². The lowest BCUT2D eigenvalue weighted by Gasteiger charge is -2.44. The van der Waals surface area contributed by atoms with E-state index in [0.717, 1.165) is 32.4 Å². The number of piperidine rings is 1. The van der Waals surface area contributed by atoms with Gasteiger partial charge in [0.1, 0.15) is 0 Å². The highest BCUT2D eigenvalue weighted by atomic mass is 16.2. The van der Waals surface area contributed by atoms with E-state index in [1.165, 1.54) is 6.42 Å². The Balaban J connectivity index is 1.79. The molecule has 2 rings (SSSR count). The second-order valence-corrected chi connectivity index (χ2v) is 7.46. The van der Waals surface area contributed by atoms with Crippen molar-refractivity contribution in [2.24, 2.45) is 0 Å². The highest BCUT2D eigenvalue weighted by Gasteiger charge is 2.33. The Morgan fingerprint density at radius 1 is 1.08 bits per heavy atom. The largest absolute Gasteiger partial charge is 0.353 e. The van der Waals surface area contributed by atoms with Crippen LogP contribution in [0.4, 0.5) is 4.79 Å². The first-order valence-electron chi connectivity index (χ1n) is 9.51. The minimum absolute atomic E-state index is 0.0856. The number of hydrogen-bond acceptors (Lipinski definition) is 3. The molecule has 2 fully saturated rings. The van der Waals surface area contributed by atoms with Crippen molar-refractivity contribution in [2.75, 3.05) is 32.7 Å². The van der Waals surface area contributed by atoms with Crippen molar-refractivity contribution in [3.63, 3.8) is 0 Å². The molecule has 6 nitrogen and oxygen atoms in total. The molecule has 3 amide bonds. The Kier molecular flexibility index (Phi) is 6.90. The Morgan fingerprint density at radius 3 is 2.21 bits per heavy atom. The van der Waals surface area contributed by atoms with Gasteiger partial charge in [-0.15, -0.1) is 0 Å². The lowest BCUT2D eigenvalue weighted by atomic mass is 9.98. The van der Waals surface area contributed by atoms with Crippen molar-refractivity contribution >= 4 is 11.9 Å². The van der Waals surface area contributed by atoms with Crippen molar-refractivity contribution in [3.8, 4) is 0 Å². The summed E-state index contributed by atoms with van der Waals surface area (Å²) in [5.41, 5.74) is 0. The van der Waals surface area contributed by atoms with E-state index >= 15 is 0 Å². The molecule has 2 aliphatic heterocycles. The van der Waals surface area contributed by atoms with Gasteiger partial charge in [0, 0.05) is 44.3 Å². The minimum Gasteiger partial charge on any atom is -0.353 e. The van der Waals surface area contributed by atoms with Crippen LogP contribution in [0.1, 0.15) is 53.4 Å². The Morgan fingerprint density at radius 2 is 1.67 bits per heavy atom. The van der Waals surface area contributed by atoms with Gasteiger partial charge in [0.2, 0.25) is 5.91 Å². The summed E-state index contributed by atoms with van der Waals surface area (Å²) in [6.45, 7) is 11.8. The first kappa shape index (κ1) is 19.0. The zero-order valence-corrected chi connectivity index (χ0v) is 15.8. The quantitative estimate of drug-likeness (QED) is 0.852. The Bertz CT molecular complexity index is 425. The smallest absolute Gasteiger partial charge is 0.320 e. The number of nitrogens with zero attached hydrogens (tertiary/aromatic N) is 3. The van der Waals surface area contributed by atoms with Crippen LogP contribution >= 0.6 is 0 Å². The Labute approximate surface area is 146 Å². The predicted molar refractivity (Wildman–Crippen MR) is 95.9 cm³/mol. The van der Waals surface area contributed by atoms with Gasteiger partial charge in [-0.05, 0) is 46.5 Å². The Hall–Kier alpha value is -1.30. The average molecular weight is 338 g/mol. The number of likely N-dealkylation sites (tertiary alicyclic amines) is 1. The number of rotatable bonds is 4. The zero-order valence-electron chi connectivity index (χ0n) is 15.8. The van der Waals surface area contributed by atoms with Crippen molar-refractivity contribution in [2.45, 2.75) is 71.5 Å². The van der Waals surface area contributed by atoms with Gasteiger partial charge in [-0.1, -0.05) is 6.92 Å². The van der Waals surface area contributed by atoms with E-state index in [0.29, 0.717) is 31.7 Å².